The number of aliphatic hydroxyl groups is 1. The van der Waals surface area contributed by atoms with E-state index in [0.717, 1.165) is 11.1 Å². The molecule has 0 amide bonds. The minimum Gasteiger partial charge on any atom is -0.461 e. The van der Waals surface area contributed by atoms with E-state index in [-0.39, 0.29) is 24.0 Å². The second-order valence-electron chi connectivity index (χ2n) is 8.75. The van der Waals surface area contributed by atoms with Gasteiger partial charge in [0.05, 0.1) is 11.5 Å². The fourth-order valence-corrected chi connectivity index (χ4v) is 4.04. The quantitative estimate of drug-likeness (QED) is 0.558. The molecule has 150 valence electrons. The zero-order valence-corrected chi connectivity index (χ0v) is 16.8. The van der Waals surface area contributed by atoms with Crippen LogP contribution >= 0.6 is 0 Å². The van der Waals surface area contributed by atoms with Gasteiger partial charge in [0, 0.05) is 23.6 Å². The number of fused-ring (bicyclic) bond motifs is 1. The second-order valence-corrected chi connectivity index (χ2v) is 8.75. The molecule has 0 radical (unpaired) electrons. The van der Waals surface area contributed by atoms with Crippen LogP contribution in [0.4, 0.5) is 0 Å². The molecule has 1 aromatic heterocycles. The predicted molar refractivity (Wildman–Crippen MR) is 107 cm³/mol. The number of H-pyrrole nitrogens is 2. The first-order chi connectivity index (χ1) is 13.1. The maximum Gasteiger partial charge on any atom is 0.313 e. The van der Waals surface area contributed by atoms with Gasteiger partial charge in [0.15, 0.2) is 0 Å². The van der Waals surface area contributed by atoms with Crippen molar-refractivity contribution in [3.05, 3.63) is 69.7 Å². The third-order valence-electron chi connectivity index (χ3n) is 5.48. The van der Waals surface area contributed by atoms with Crippen molar-refractivity contribution in [2.45, 2.75) is 51.0 Å². The van der Waals surface area contributed by atoms with Gasteiger partial charge in [-0.1, -0.05) is 57.7 Å². The van der Waals surface area contributed by atoms with Crippen molar-refractivity contribution in [3.8, 4) is 0 Å². The fourth-order valence-electron chi connectivity index (χ4n) is 4.04. The van der Waals surface area contributed by atoms with E-state index in [1.54, 1.807) is 6.92 Å². The number of benzene rings is 1. The number of hydrogen-bond donors (Lipinski definition) is 3. The number of carbonyl (C=O) groups excluding carboxylic acids is 1. The van der Waals surface area contributed by atoms with Crippen LogP contribution < -0.4 is 5.56 Å². The molecule has 1 aliphatic carbocycles. The van der Waals surface area contributed by atoms with Crippen LogP contribution in [0, 0.1) is 5.92 Å². The lowest BCUT2D eigenvalue weighted by atomic mass is 9.66. The highest BCUT2D eigenvalue weighted by Crippen LogP contribution is 2.44. The molecule has 6 nitrogen and oxygen atoms in total. The van der Waals surface area contributed by atoms with Crippen LogP contribution in [0.2, 0.25) is 0 Å². The molecule has 0 spiro atoms. The molecular weight excluding hydrogens is 356 g/mol. The summed E-state index contributed by atoms with van der Waals surface area (Å²) in [5, 5.41) is 16.6. The normalized spacial score (nSPS) is 24.5. The van der Waals surface area contributed by atoms with Gasteiger partial charge in [-0.05, 0) is 23.5 Å². The maximum absolute atomic E-state index is 12.9. The molecule has 0 aliphatic heterocycles. The van der Waals surface area contributed by atoms with Crippen molar-refractivity contribution in [2.75, 3.05) is 6.61 Å². The fraction of sp³-hybridized carbons (Fsp3) is 0.455. The van der Waals surface area contributed by atoms with Crippen LogP contribution in [0.5, 0.6) is 0 Å². The van der Waals surface area contributed by atoms with Crippen LogP contribution in [-0.2, 0) is 21.4 Å². The number of hydrogen-bond acceptors (Lipinski definition) is 4. The number of carbonyl (C=O) groups is 1. The van der Waals surface area contributed by atoms with Crippen LogP contribution in [0.15, 0.2) is 41.7 Å². The highest BCUT2D eigenvalue weighted by Gasteiger charge is 2.51. The van der Waals surface area contributed by atoms with E-state index < -0.39 is 23.4 Å². The van der Waals surface area contributed by atoms with Gasteiger partial charge >= 0.3 is 5.97 Å². The van der Waals surface area contributed by atoms with Gasteiger partial charge < -0.3 is 14.9 Å². The minimum atomic E-state index is -1.37. The zero-order chi connectivity index (χ0) is 20.7. The molecule has 28 heavy (non-hydrogen) atoms. The van der Waals surface area contributed by atoms with Crippen molar-refractivity contribution >= 4 is 5.97 Å². The van der Waals surface area contributed by atoms with E-state index in [9.17, 15) is 14.7 Å². The van der Waals surface area contributed by atoms with Gasteiger partial charge in [0.25, 0.3) is 5.56 Å². The molecule has 1 heterocycles. The van der Waals surface area contributed by atoms with Crippen molar-refractivity contribution in [1.29, 1.82) is 0 Å². The Morgan fingerprint density at radius 1 is 1.32 bits per heavy atom. The Kier molecular flexibility index (Phi) is 5.10. The average Bonchev–Trinajstić information content (AvgIpc) is 2.97. The molecule has 0 unspecified atom stereocenters. The Morgan fingerprint density at radius 3 is 2.54 bits per heavy atom. The molecule has 3 N–H and O–H groups in total. The Balaban J connectivity index is 2.14. The SMILES string of the molecule is C=CCOC(=O)[C@H]1[C@H](c2ccc(C(C)(C)C)cc2)c2c([nH][nH]c2=O)C[C@]1(C)O. The van der Waals surface area contributed by atoms with Crippen LogP contribution in [0.1, 0.15) is 56.0 Å². The van der Waals surface area contributed by atoms with E-state index in [1.807, 2.05) is 24.3 Å². The summed E-state index contributed by atoms with van der Waals surface area (Å²) in [6, 6.07) is 7.86. The third-order valence-corrected chi connectivity index (χ3v) is 5.48. The Bertz CT molecular complexity index is 929. The summed E-state index contributed by atoms with van der Waals surface area (Å²) in [6.07, 6.45) is 1.64. The zero-order valence-electron chi connectivity index (χ0n) is 16.8. The van der Waals surface area contributed by atoms with Crippen molar-refractivity contribution in [2.24, 2.45) is 5.92 Å². The number of esters is 1. The summed E-state index contributed by atoms with van der Waals surface area (Å²) in [6.45, 7) is 11.6. The molecule has 0 fully saturated rings. The summed E-state index contributed by atoms with van der Waals surface area (Å²) < 4.78 is 5.29. The van der Waals surface area contributed by atoms with Gasteiger partial charge in [-0.2, -0.15) is 0 Å². The van der Waals surface area contributed by atoms with Gasteiger partial charge in [-0.3, -0.25) is 14.7 Å². The highest BCUT2D eigenvalue weighted by atomic mass is 16.5. The predicted octanol–water partition coefficient (Wildman–Crippen LogP) is 2.78. The summed E-state index contributed by atoms with van der Waals surface area (Å²) in [4.78, 5) is 25.4. The molecule has 3 rings (SSSR count). The highest BCUT2D eigenvalue weighted by molar-refractivity contribution is 5.77. The monoisotopic (exact) mass is 384 g/mol. The van der Waals surface area contributed by atoms with Crippen LogP contribution in [0.3, 0.4) is 0 Å². The lowest BCUT2D eigenvalue weighted by Crippen LogP contribution is -2.50. The standard InChI is InChI=1S/C22H28N2O4/c1-6-11-28-20(26)18-16(13-7-9-14(10-8-13)21(2,3)4)17-15(12-22(18,5)27)23-24-19(17)25/h6-10,16,18,27H,1,11-12H2,2-5H3,(H2,23,24,25)/t16-,18-,22+/m1/s1. The van der Waals surface area contributed by atoms with Crippen LogP contribution in [-0.4, -0.2) is 33.5 Å². The van der Waals surface area contributed by atoms with Crippen molar-refractivity contribution in [1.82, 2.24) is 10.2 Å². The van der Waals surface area contributed by atoms with Gasteiger partial charge in [0.2, 0.25) is 0 Å². The molecule has 1 aliphatic rings. The van der Waals surface area contributed by atoms with E-state index in [2.05, 4.69) is 37.5 Å². The van der Waals surface area contributed by atoms with E-state index >= 15 is 0 Å². The first-order valence-electron chi connectivity index (χ1n) is 9.46. The summed E-state index contributed by atoms with van der Waals surface area (Å²) in [7, 11) is 0. The number of ether oxygens (including phenoxy) is 1. The van der Waals surface area contributed by atoms with E-state index in [0.29, 0.717) is 11.3 Å². The van der Waals surface area contributed by atoms with Crippen LogP contribution in [0.25, 0.3) is 0 Å². The first-order valence-corrected chi connectivity index (χ1v) is 9.46. The Hall–Kier alpha value is -2.60. The summed E-state index contributed by atoms with van der Waals surface area (Å²) >= 11 is 0. The third kappa shape index (κ3) is 3.56. The van der Waals surface area contributed by atoms with Gasteiger partial charge in [-0.25, -0.2) is 0 Å². The van der Waals surface area contributed by atoms with E-state index in [1.165, 1.54) is 6.08 Å². The van der Waals surface area contributed by atoms with Gasteiger partial charge in [-0.15, -0.1) is 0 Å². The Morgan fingerprint density at radius 2 is 1.96 bits per heavy atom. The molecule has 0 bridgehead atoms. The van der Waals surface area contributed by atoms with E-state index in [4.69, 9.17) is 4.74 Å². The number of aromatic nitrogens is 2. The number of nitrogens with one attached hydrogen (secondary N) is 2. The topological polar surface area (TPSA) is 95.2 Å². The van der Waals surface area contributed by atoms with Crippen molar-refractivity contribution < 1.29 is 14.6 Å². The second kappa shape index (κ2) is 7.09. The summed E-state index contributed by atoms with van der Waals surface area (Å²) in [5.74, 6) is -2.06. The van der Waals surface area contributed by atoms with Gasteiger partial charge in [0.1, 0.15) is 6.61 Å². The summed E-state index contributed by atoms with van der Waals surface area (Å²) in [5.41, 5.74) is 1.37. The lowest BCUT2D eigenvalue weighted by molar-refractivity contribution is -0.158. The van der Waals surface area contributed by atoms with Crippen molar-refractivity contribution in [3.63, 3.8) is 0 Å². The Labute approximate surface area is 164 Å². The average molecular weight is 384 g/mol. The molecule has 6 heteroatoms. The molecule has 2 aromatic rings. The molecular formula is C22H28N2O4. The maximum atomic E-state index is 12.9. The molecule has 3 atom stereocenters. The first kappa shape index (κ1) is 20.1. The minimum absolute atomic E-state index is 0.0183. The largest absolute Gasteiger partial charge is 0.461 e. The number of aromatic amines is 2. The molecule has 1 aromatic carbocycles. The molecule has 0 saturated carbocycles. The molecule has 0 saturated heterocycles. The smallest absolute Gasteiger partial charge is 0.313 e. The number of rotatable bonds is 4. The lowest BCUT2D eigenvalue weighted by Gasteiger charge is -2.40.